The highest BCUT2D eigenvalue weighted by Crippen LogP contribution is 2.58. The molecular weight excluding hydrogens is 1030 g/mol. The lowest BCUT2D eigenvalue weighted by molar-refractivity contribution is 0.628. The van der Waals surface area contributed by atoms with Crippen LogP contribution < -0.4 is 9.80 Å². The molecule has 0 saturated heterocycles. The third kappa shape index (κ3) is 7.73. The molecule has 392 valence electrons. The van der Waals surface area contributed by atoms with Gasteiger partial charge in [-0.15, -0.1) is 0 Å². The normalized spacial score (nSPS) is 11.7. The summed E-state index contributed by atoms with van der Waals surface area (Å²) in [5.74, 6) is -0.930. The van der Waals surface area contributed by atoms with Gasteiger partial charge in [0.1, 0.15) is 28.4 Å². The average molecular weight is 1070 g/mol. The minimum absolute atomic E-state index is 0.279. The van der Waals surface area contributed by atoms with Crippen LogP contribution in [0.1, 0.15) is 0 Å². The van der Waals surface area contributed by atoms with Crippen molar-refractivity contribution in [2.75, 3.05) is 9.80 Å². The zero-order chi connectivity index (χ0) is 55.1. The van der Waals surface area contributed by atoms with Gasteiger partial charge in [0.2, 0.25) is 0 Å². The maximum Gasteiger partial charge on any atom is 0.162 e. The molecule has 0 aliphatic rings. The molecular formula is C76H46F2N2O3. The average Bonchev–Trinajstić information content (AvgIpc) is 1.95. The summed E-state index contributed by atoms with van der Waals surface area (Å²) in [6.45, 7) is 0. The highest BCUT2D eigenvalue weighted by atomic mass is 19.1. The SMILES string of the molecule is Fc1cc(-c2ccccc2)cc(-c2ccccc2)c1N(c1cccc2c1oc1ccccc12)c1c2ccccc2c(N(c2c(F)cc(-c3ccccc3)cc2-c2ccccc2)c2cccc3c2oc2ccccc23)c2c1oc1ccccc12. The van der Waals surface area contributed by atoms with E-state index in [0.29, 0.717) is 89.4 Å². The van der Waals surface area contributed by atoms with E-state index in [9.17, 15) is 0 Å². The predicted octanol–water partition coefficient (Wildman–Crippen LogP) is 22.4. The van der Waals surface area contributed by atoms with Crippen molar-refractivity contribution in [1.82, 2.24) is 0 Å². The summed E-state index contributed by atoms with van der Waals surface area (Å²) in [6, 6.07) is 91.3. The third-order valence-electron chi connectivity index (χ3n) is 16.1. The fraction of sp³-hybridized carbons (Fsp3) is 0. The third-order valence-corrected chi connectivity index (χ3v) is 16.1. The van der Waals surface area contributed by atoms with Gasteiger partial charge >= 0.3 is 0 Å². The number of para-hydroxylation sites is 5. The van der Waals surface area contributed by atoms with Gasteiger partial charge in [-0.2, -0.15) is 0 Å². The van der Waals surface area contributed by atoms with Gasteiger partial charge in [0.15, 0.2) is 16.7 Å². The second kappa shape index (κ2) is 19.4. The van der Waals surface area contributed by atoms with E-state index in [4.69, 9.17) is 13.3 Å². The van der Waals surface area contributed by atoms with Crippen LogP contribution >= 0.6 is 0 Å². The second-order valence-corrected chi connectivity index (χ2v) is 20.9. The largest absolute Gasteiger partial charge is 0.454 e. The van der Waals surface area contributed by atoms with Crippen molar-refractivity contribution in [3.8, 4) is 44.5 Å². The molecule has 0 unspecified atom stereocenters. The summed E-state index contributed by atoms with van der Waals surface area (Å²) in [6.07, 6.45) is 0. The van der Waals surface area contributed by atoms with Crippen molar-refractivity contribution in [3.05, 3.63) is 291 Å². The van der Waals surface area contributed by atoms with Gasteiger partial charge in [-0.3, -0.25) is 4.90 Å². The summed E-state index contributed by atoms with van der Waals surface area (Å²) in [5.41, 5.74) is 12.5. The number of nitrogens with zero attached hydrogens (tertiary/aromatic N) is 2. The van der Waals surface area contributed by atoms with Crippen molar-refractivity contribution >= 4 is 111 Å². The first-order chi connectivity index (χ1) is 41.0. The van der Waals surface area contributed by atoms with Crippen LogP contribution in [0.2, 0.25) is 0 Å². The van der Waals surface area contributed by atoms with Crippen molar-refractivity contribution in [2.45, 2.75) is 0 Å². The maximum absolute atomic E-state index is 18.9. The smallest absolute Gasteiger partial charge is 0.162 e. The molecule has 3 aromatic heterocycles. The number of benzene rings is 13. The van der Waals surface area contributed by atoms with Gasteiger partial charge in [0, 0.05) is 48.8 Å². The van der Waals surface area contributed by atoms with Gasteiger partial charge in [-0.05, 0) is 88.0 Å². The number of hydrogen-bond donors (Lipinski definition) is 0. The molecule has 7 heteroatoms. The molecule has 3 heterocycles. The molecule has 0 bridgehead atoms. The molecule has 0 aliphatic carbocycles. The molecule has 0 fully saturated rings. The first-order valence-electron chi connectivity index (χ1n) is 27.7. The minimum Gasteiger partial charge on any atom is -0.454 e. The Balaban J connectivity index is 1.09. The van der Waals surface area contributed by atoms with Gasteiger partial charge in [0.25, 0.3) is 0 Å². The fourth-order valence-corrected chi connectivity index (χ4v) is 12.5. The Morgan fingerprint density at radius 3 is 1.04 bits per heavy atom. The van der Waals surface area contributed by atoms with Crippen LogP contribution in [-0.4, -0.2) is 0 Å². The number of furan rings is 3. The predicted molar refractivity (Wildman–Crippen MR) is 337 cm³/mol. The van der Waals surface area contributed by atoms with Crippen molar-refractivity contribution < 1.29 is 22.0 Å². The van der Waals surface area contributed by atoms with Crippen LogP contribution in [0.25, 0.3) is 121 Å². The van der Waals surface area contributed by atoms with E-state index in [1.54, 1.807) is 12.1 Å². The monoisotopic (exact) mass is 1070 g/mol. The van der Waals surface area contributed by atoms with Crippen LogP contribution in [0.3, 0.4) is 0 Å². The van der Waals surface area contributed by atoms with E-state index in [-0.39, 0.29) is 5.69 Å². The van der Waals surface area contributed by atoms with E-state index in [0.717, 1.165) is 60.1 Å². The maximum atomic E-state index is 18.9. The van der Waals surface area contributed by atoms with Crippen LogP contribution in [-0.2, 0) is 0 Å². The zero-order valence-electron chi connectivity index (χ0n) is 44.4. The molecule has 0 saturated carbocycles. The van der Waals surface area contributed by atoms with E-state index in [1.807, 2.05) is 240 Å². The molecule has 0 aliphatic heterocycles. The summed E-state index contributed by atoms with van der Waals surface area (Å²) in [4.78, 5) is 4.05. The molecule has 13 aromatic carbocycles. The minimum atomic E-state index is -0.470. The Kier molecular flexibility index (Phi) is 11.2. The molecule has 83 heavy (non-hydrogen) atoms. The van der Waals surface area contributed by atoms with Crippen molar-refractivity contribution in [1.29, 1.82) is 0 Å². The number of halogens is 2. The second-order valence-electron chi connectivity index (χ2n) is 20.9. The summed E-state index contributed by atoms with van der Waals surface area (Å²) in [7, 11) is 0. The van der Waals surface area contributed by atoms with Crippen molar-refractivity contribution in [3.63, 3.8) is 0 Å². The lowest BCUT2D eigenvalue weighted by atomic mass is 9.93. The van der Waals surface area contributed by atoms with Crippen molar-refractivity contribution in [2.24, 2.45) is 0 Å². The first kappa shape index (κ1) is 47.9. The zero-order valence-corrected chi connectivity index (χ0v) is 44.4. The first-order valence-corrected chi connectivity index (χ1v) is 27.7. The van der Waals surface area contributed by atoms with Gasteiger partial charge in [-0.1, -0.05) is 224 Å². The Morgan fingerprint density at radius 2 is 0.578 bits per heavy atom. The number of fused-ring (bicyclic) bond motifs is 10. The van der Waals surface area contributed by atoms with Gasteiger partial charge in [0.05, 0.1) is 39.5 Å². The lowest BCUT2D eigenvalue weighted by Gasteiger charge is -2.33. The van der Waals surface area contributed by atoms with E-state index in [1.165, 1.54) is 0 Å². The Morgan fingerprint density at radius 1 is 0.241 bits per heavy atom. The highest BCUT2D eigenvalue weighted by Gasteiger charge is 2.36. The number of rotatable bonds is 10. The van der Waals surface area contributed by atoms with Gasteiger partial charge in [-0.25, -0.2) is 8.78 Å². The summed E-state index contributed by atoms with van der Waals surface area (Å²) in [5, 5.41) is 6.43. The van der Waals surface area contributed by atoms with Crippen LogP contribution in [0.5, 0.6) is 0 Å². The molecule has 16 aromatic rings. The van der Waals surface area contributed by atoms with Crippen LogP contribution in [0, 0.1) is 11.6 Å². The van der Waals surface area contributed by atoms with E-state index < -0.39 is 11.6 Å². The number of anilines is 6. The Hall–Kier alpha value is -11.0. The number of hydrogen-bond acceptors (Lipinski definition) is 5. The quantitative estimate of drug-likeness (QED) is 0.128. The van der Waals surface area contributed by atoms with Gasteiger partial charge < -0.3 is 18.2 Å². The van der Waals surface area contributed by atoms with Crippen LogP contribution in [0.4, 0.5) is 42.9 Å². The molecule has 0 radical (unpaired) electrons. The van der Waals surface area contributed by atoms with Crippen LogP contribution in [0.15, 0.2) is 292 Å². The highest BCUT2D eigenvalue weighted by molar-refractivity contribution is 6.30. The van der Waals surface area contributed by atoms with E-state index >= 15 is 8.78 Å². The Labute approximate surface area is 475 Å². The van der Waals surface area contributed by atoms with E-state index in [2.05, 4.69) is 36.4 Å². The lowest BCUT2D eigenvalue weighted by Crippen LogP contribution is -2.17. The molecule has 0 N–H and O–H groups in total. The fourth-order valence-electron chi connectivity index (χ4n) is 12.5. The summed E-state index contributed by atoms with van der Waals surface area (Å²) >= 11 is 0. The molecule has 5 nitrogen and oxygen atoms in total. The molecule has 0 spiro atoms. The Bertz CT molecular complexity index is 5190. The molecule has 0 atom stereocenters. The topological polar surface area (TPSA) is 45.9 Å². The molecule has 0 amide bonds. The summed E-state index contributed by atoms with van der Waals surface area (Å²) < 4.78 is 59.1. The molecule has 16 rings (SSSR count). The standard InChI is InChI=1S/C76H46F2N2O3/c77-62-45-51(47-23-5-1-6-24-47)43-60(49-27-9-3-10-28-49)70(62)79(64-38-21-36-57-53-31-15-18-40-66(53)81-74(57)64)72-55-33-13-14-34-56(55)73(76-69(72)59-35-17-20-42-68(59)83-76)80(65-39-22-37-58-54-32-16-19-41-67(54)82-75(58)65)71-61(50-29-11-4-12-30-50)44-52(46-63(71)78)48-25-7-2-8-26-48/h1-46H.